The first-order chi connectivity index (χ1) is 14.8. The highest BCUT2D eigenvalue weighted by molar-refractivity contribution is 7.92. The van der Waals surface area contributed by atoms with E-state index in [1.165, 1.54) is 26.4 Å². The Hall–Kier alpha value is -3.39. The third-order valence-corrected chi connectivity index (χ3v) is 6.16. The second-order valence-electron chi connectivity index (χ2n) is 6.61. The first kappa shape index (κ1) is 22.3. The Balaban J connectivity index is 2.35. The van der Waals surface area contributed by atoms with Crippen molar-refractivity contribution in [3.8, 4) is 16.9 Å². The zero-order valence-corrected chi connectivity index (χ0v) is 18.1. The molecule has 0 saturated carbocycles. The van der Waals surface area contributed by atoms with Gasteiger partial charge in [-0.05, 0) is 35.7 Å². The Bertz CT molecular complexity index is 1210. The van der Waals surface area contributed by atoms with Gasteiger partial charge >= 0.3 is 5.97 Å². The summed E-state index contributed by atoms with van der Waals surface area (Å²) < 4.78 is 53.2. The maximum Gasteiger partial charge on any atom is 0.343 e. The molecular weight excluding hydrogens is 421 g/mol. The first-order valence-corrected chi connectivity index (χ1v) is 11.0. The fourth-order valence-corrected chi connectivity index (χ4v) is 4.49. The molecule has 0 radical (unpaired) electrons. The number of rotatable bonds is 7. The fourth-order valence-electron chi connectivity index (χ4n) is 3.32. The van der Waals surface area contributed by atoms with Crippen LogP contribution >= 0.6 is 0 Å². The summed E-state index contributed by atoms with van der Waals surface area (Å²) in [5, 5.41) is 0. The van der Waals surface area contributed by atoms with E-state index in [1.807, 2.05) is 13.0 Å². The van der Waals surface area contributed by atoms with Crippen LogP contribution in [0.2, 0.25) is 0 Å². The van der Waals surface area contributed by atoms with E-state index in [0.29, 0.717) is 23.1 Å². The van der Waals surface area contributed by atoms with Crippen LogP contribution in [-0.4, -0.2) is 28.6 Å². The van der Waals surface area contributed by atoms with Gasteiger partial charge in [0.1, 0.15) is 22.0 Å². The van der Waals surface area contributed by atoms with Crippen molar-refractivity contribution in [3.63, 3.8) is 0 Å². The highest BCUT2D eigenvalue weighted by atomic mass is 32.2. The van der Waals surface area contributed by atoms with E-state index in [0.717, 1.165) is 12.1 Å². The smallest absolute Gasteiger partial charge is 0.343 e. The predicted molar refractivity (Wildman–Crippen MR) is 116 cm³/mol. The summed E-state index contributed by atoms with van der Waals surface area (Å²) >= 11 is 0. The van der Waals surface area contributed by atoms with Crippen molar-refractivity contribution in [2.45, 2.75) is 18.2 Å². The molecule has 6 nitrogen and oxygen atoms in total. The fraction of sp³-hybridized carbons (Fsp3) is 0.174. The Morgan fingerprint density at radius 1 is 1.03 bits per heavy atom. The molecule has 1 N–H and O–H groups in total. The minimum atomic E-state index is -4.37. The Morgan fingerprint density at radius 2 is 1.68 bits per heavy atom. The third-order valence-electron chi connectivity index (χ3n) is 4.78. The number of benzene rings is 3. The minimum absolute atomic E-state index is 0.0460. The van der Waals surface area contributed by atoms with Gasteiger partial charge in [0.2, 0.25) is 0 Å². The average molecular weight is 443 g/mol. The molecule has 0 atom stereocenters. The van der Waals surface area contributed by atoms with Gasteiger partial charge in [0.05, 0.1) is 19.9 Å². The Morgan fingerprint density at radius 3 is 2.26 bits per heavy atom. The monoisotopic (exact) mass is 443 g/mol. The summed E-state index contributed by atoms with van der Waals surface area (Å²) in [6.07, 6.45) is 0.521. The van der Waals surface area contributed by atoms with Crippen LogP contribution in [0.1, 0.15) is 22.8 Å². The number of hydrogen-bond donors (Lipinski definition) is 1. The van der Waals surface area contributed by atoms with E-state index in [9.17, 15) is 17.6 Å². The number of ether oxygens (including phenoxy) is 2. The number of aryl methyl sites for hydroxylation is 1. The molecule has 3 aromatic rings. The second-order valence-corrected chi connectivity index (χ2v) is 8.26. The lowest BCUT2D eigenvalue weighted by Crippen LogP contribution is -2.19. The van der Waals surface area contributed by atoms with Gasteiger partial charge in [-0.1, -0.05) is 49.4 Å². The highest BCUT2D eigenvalue weighted by Gasteiger charge is 2.29. The Labute approximate surface area is 180 Å². The molecule has 0 aliphatic carbocycles. The molecule has 0 spiro atoms. The minimum Gasteiger partial charge on any atom is -0.495 e. The molecule has 0 amide bonds. The quantitative estimate of drug-likeness (QED) is 0.538. The lowest BCUT2D eigenvalue weighted by molar-refractivity contribution is 0.0598. The van der Waals surface area contributed by atoms with Crippen molar-refractivity contribution in [1.29, 1.82) is 0 Å². The van der Waals surface area contributed by atoms with Crippen molar-refractivity contribution < 1.29 is 27.1 Å². The molecule has 3 aromatic carbocycles. The van der Waals surface area contributed by atoms with E-state index in [1.54, 1.807) is 30.3 Å². The van der Waals surface area contributed by atoms with Gasteiger partial charge in [-0.25, -0.2) is 17.6 Å². The maximum absolute atomic E-state index is 14.3. The van der Waals surface area contributed by atoms with E-state index in [2.05, 4.69) is 4.72 Å². The molecule has 8 heteroatoms. The summed E-state index contributed by atoms with van der Waals surface area (Å²) in [4.78, 5) is 12.2. The lowest BCUT2D eigenvalue weighted by atomic mass is 9.95. The molecule has 0 saturated heterocycles. The topological polar surface area (TPSA) is 81.7 Å². The summed E-state index contributed by atoms with van der Waals surface area (Å²) in [6, 6.07) is 15.7. The zero-order valence-electron chi connectivity index (χ0n) is 17.3. The molecule has 0 aromatic heterocycles. The standard InChI is InChI=1S/C23H22FNO5S/c1-4-15-14-17(16-10-6-5-7-11-16)21(20(22(15)29-2)23(26)30-3)25-31(27,28)19-13-9-8-12-18(19)24/h5-14,25H,4H2,1-3H3. The molecular formula is C23H22FNO5S. The molecule has 31 heavy (non-hydrogen) atoms. The second kappa shape index (κ2) is 9.18. The van der Waals surface area contributed by atoms with Gasteiger partial charge < -0.3 is 9.47 Å². The first-order valence-electron chi connectivity index (χ1n) is 9.49. The van der Waals surface area contributed by atoms with Crippen LogP contribution in [-0.2, 0) is 21.2 Å². The zero-order chi connectivity index (χ0) is 22.6. The summed E-state index contributed by atoms with van der Waals surface area (Å²) in [5.74, 6) is -1.50. The van der Waals surface area contributed by atoms with Crippen molar-refractivity contribution in [2.75, 3.05) is 18.9 Å². The SMILES string of the molecule is CCc1cc(-c2ccccc2)c(NS(=O)(=O)c2ccccc2F)c(C(=O)OC)c1OC. The number of carbonyl (C=O) groups is 1. The number of esters is 1. The molecule has 0 aliphatic heterocycles. The van der Waals surface area contributed by atoms with Crippen molar-refractivity contribution in [1.82, 2.24) is 0 Å². The summed E-state index contributed by atoms with van der Waals surface area (Å²) in [6.45, 7) is 1.89. The van der Waals surface area contributed by atoms with Gasteiger partial charge in [-0.3, -0.25) is 4.72 Å². The highest BCUT2D eigenvalue weighted by Crippen LogP contribution is 2.41. The van der Waals surface area contributed by atoms with Crippen LogP contribution in [0.5, 0.6) is 5.75 Å². The van der Waals surface area contributed by atoms with Crippen LogP contribution in [0.25, 0.3) is 11.1 Å². The number of hydrogen-bond acceptors (Lipinski definition) is 5. The van der Waals surface area contributed by atoms with Crippen molar-refractivity contribution in [3.05, 3.63) is 77.6 Å². The van der Waals surface area contributed by atoms with Gasteiger partial charge in [-0.15, -0.1) is 0 Å². The number of sulfonamides is 1. The number of anilines is 1. The van der Waals surface area contributed by atoms with Crippen LogP contribution < -0.4 is 9.46 Å². The summed E-state index contributed by atoms with van der Waals surface area (Å²) in [7, 11) is -1.79. The van der Waals surface area contributed by atoms with Crippen molar-refractivity contribution in [2.24, 2.45) is 0 Å². The van der Waals surface area contributed by atoms with Crippen LogP contribution in [0.15, 0.2) is 65.6 Å². The summed E-state index contributed by atoms with van der Waals surface area (Å²) in [5.41, 5.74) is 1.67. The van der Waals surface area contributed by atoms with E-state index >= 15 is 0 Å². The molecule has 0 unspecified atom stereocenters. The van der Waals surface area contributed by atoms with Crippen LogP contribution in [0.3, 0.4) is 0 Å². The number of halogens is 1. The molecule has 0 fully saturated rings. The van der Waals surface area contributed by atoms with Gasteiger partial charge in [0.25, 0.3) is 10.0 Å². The number of methoxy groups -OCH3 is 2. The number of carbonyl (C=O) groups excluding carboxylic acids is 1. The molecule has 162 valence electrons. The van der Waals surface area contributed by atoms with E-state index in [4.69, 9.17) is 9.47 Å². The van der Waals surface area contributed by atoms with E-state index < -0.39 is 26.7 Å². The molecule has 0 heterocycles. The molecule has 0 aliphatic rings. The molecule has 3 rings (SSSR count). The average Bonchev–Trinajstić information content (AvgIpc) is 2.78. The van der Waals surface area contributed by atoms with Crippen LogP contribution in [0.4, 0.5) is 10.1 Å². The van der Waals surface area contributed by atoms with Gasteiger partial charge in [0.15, 0.2) is 0 Å². The van der Waals surface area contributed by atoms with Gasteiger partial charge in [-0.2, -0.15) is 0 Å². The predicted octanol–water partition coefficient (Wildman–Crippen LogP) is 4.65. The maximum atomic E-state index is 14.3. The largest absolute Gasteiger partial charge is 0.495 e. The Kier molecular flexibility index (Phi) is 6.60. The molecule has 0 bridgehead atoms. The number of nitrogens with one attached hydrogen (secondary N) is 1. The van der Waals surface area contributed by atoms with Crippen LogP contribution in [0, 0.1) is 5.82 Å². The third kappa shape index (κ3) is 4.39. The van der Waals surface area contributed by atoms with Crippen molar-refractivity contribution >= 4 is 21.7 Å². The lowest BCUT2D eigenvalue weighted by Gasteiger charge is -2.21. The van der Waals surface area contributed by atoms with E-state index in [-0.39, 0.29) is 17.0 Å². The normalized spacial score (nSPS) is 11.1. The van der Waals surface area contributed by atoms with Gasteiger partial charge in [0, 0.05) is 5.56 Å².